The maximum absolute atomic E-state index is 12.4. The highest BCUT2D eigenvalue weighted by atomic mass is 32.2. The lowest BCUT2D eigenvalue weighted by Crippen LogP contribution is -2.15. The fraction of sp³-hybridized carbons (Fsp3) is 0.474. The lowest BCUT2D eigenvalue weighted by molar-refractivity contribution is -0.140. The predicted octanol–water partition coefficient (Wildman–Crippen LogP) is 2.76. The summed E-state index contributed by atoms with van der Waals surface area (Å²) in [6, 6.07) is 1.99. The second-order valence-corrected chi connectivity index (χ2v) is 8.98. The molecule has 0 saturated carbocycles. The summed E-state index contributed by atoms with van der Waals surface area (Å²) in [5.74, 6) is 1.03. The van der Waals surface area contributed by atoms with Crippen LogP contribution in [0.25, 0.3) is 10.2 Å². The first-order chi connectivity index (χ1) is 13.5. The van der Waals surface area contributed by atoms with E-state index in [9.17, 15) is 9.59 Å². The van der Waals surface area contributed by atoms with Gasteiger partial charge in [0, 0.05) is 10.6 Å². The molecular formula is C19H22N4O3S2. The second kappa shape index (κ2) is 8.08. The summed E-state index contributed by atoms with van der Waals surface area (Å²) in [6.07, 6.45) is 3.14. The van der Waals surface area contributed by atoms with Gasteiger partial charge in [-0.3, -0.25) is 14.3 Å². The smallest absolute Gasteiger partial charge is 0.315 e. The van der Waals surface area contributed by atoms with E-state index in [-0.39, 0.29) is 17.3 Å². The van der Waals surface area contributed by atoms with Crippen molar-refractivity contribution in [1.29, 1.82) is 0 Å². The summed E-state index contributed by atoms with van der Waals surface area (Å²) in [5, 5.41) is 5.10. The zero-order chi connectivity index (χ0) is 19.7. The van der Waals surface area contributed by atoms with Crippen LogP contribution in [0.4, 0.5) is 0 Å². The average molecular weight is 419 g/mol. The second-order valence-electron chi connectivity index (χ2n) is 6.91. The van der Waals surface area contributed by atoms with Gasteiger partial charge in [0.05, 0.1) is 29.1 Å². The van der Waals surface area contributed by atoms with Crippen LogP contribution in [0.1, 0.15) is 34.1 Å². The number of carbonyl (C=O) groups excluding carboxylic acids is 1. The highest BCUT2D eigenvalue weighted by Crippen LogP contribution is 2.34. The molecule has 0 spiro atoms. The van der Waals surface area contributed by atoms with Gasteiger partial charge in [0.25, 0.3) is 5.56 Å². The summed E-state index contributed by atoms with van der Waals surface area (Å²) >= 11 is 3.02. The molecule has 0 atom stereocenters. The highest BCUT2D eigenvalue weighted by molar-refractivity contribution is 7.99. The normalized spacial score (nSPS) is 13.2. The molecular weight excluding hydrogens is 396 g/mol. The van der Waals surface area contributed by atoms with Crippen LogP contribution in [0.15, 0.2) is 10.9 Å². The molecule has 1 aliphatic carbocycles. The maximum Gasteiger partial charge on any atom is 0.315 e. The Morgan fingerprint density at radius 2 is 2.25 bits per heavy atom. The van der Waals surface area contributed by atoms with Crippen LogP contribution in [0.3, 0.4) is 0 Å². The van der Waals surface area contributed by atoms with Crippen molar-refractivity contribution < 1.29 is 9.53 Å². The molecule has 4 rings (SSSR count). The summed E-state index contributed by atoms with van der Waals surface area (Å²) in [4.78, 5) is 33.9. The van der Waals surface area contributed by atoms with Gasteiger partial charge in [0.2, 0.25) is 0 Å². The number of nitrogens with one attached hydrogen (secondary N) is 1. The maximum atomic E-state index is 12.4. The molecule has 7 nitrogen and oxygen atoms in total. The third-order valence-corrected chi connectivity index (χ3v) is 6.86. The number of aromatic amines is 1. The van der Waals surface area contributed by atoms with Gasteiger partial charge in [0.1, 0.15) is 17.3 Å². The van der Waals surface area contributed by atoms with E-state index in [1.807, 2.05) is 24.6 Å². The number of ether oxygens (including phenoxy) is 1. The van der Waals surface area contributed by atoms with Gasteiger partial charge in [-0.25, -0.2) is 4.98 Å². The van der Waals surface area contributed by atoms with Crippen molar-refractivity contribution in [2.75, 3.05) is 12.4 Å². The summed E-state index contributed by atoms with van der Waals surface area (Å²) in [7, 11) is 0. The number of thiophene rings is 1. The van der Waals surface area contributed by atoms with Crippen LogP contribution in [0, 0.1) is 13.8 Å². The van der Waals surface area contributed by atoms with E-state index >= 15 is 0 Å². The third-order valence-electron chi connectivity index (χ3n) is 4.75. The number of aromatic nitrogens is 4. The van der Waals surface area contributed by atoms with Crippen molar-refractivity contribution in [1.82, 2.24) is 19.7 Å². The number of rotatable bonds is 7. The van der Waals surface area contributed by atoms with Crippen molar-refractivity contribution in [3.63, 3.8) is 0 Å². The van der Waals surface area contributed by atoms with E-state index in [4.69, 9.17) is 4.74 Å². The number of hydrogen-bond donors (Lipinski definition) is 1. The number of aryl methyl sites for hydroxylation is 4. The van der Waals surface area contributed by atoms with E-state index in [0.29, 0.717) is 24.7 Å². The van der Waals surface area contributed by atoms with Crippen LogP contribution >= 0.6 is 23.1 Å². The van der Waals surface area contributed by atoms with Crippen LogP contribution in [0.2, 0.25) is 0 Å². The summed E-state index contributed by atoms with van der Waals surface area (Å²) < 4.78 is 7.10. The van der Waals surface area contributed by atoms with E-state index in [0.717, 1.165) is 40.9 Å². The minimum Gasteiger partial charge on any atom is -0.463 e. The average Bonchev–Trinajstić information content (AvgIpc) is 3.29. The van der Waals surface area contributed by atoms with E-state index < -0.39 is 0 Å². The molecule has 0 amide bonds. The first-order valence-electron chi connectivity index (χ1n) is 9.29. The lowest BCUT2D eigenvalue weighted by atomic mass is 10.2. The number of thioether (sulfide) groups is 1. The van der Waals surface area contributed by atoms with Gasteiger partial charge in [-0.1, -0.05) is 0 Å². The Hall–Kier alpha value is -2.13. The molecule has 0 aliphatic heterocycles. The Morgan fingerprint density at radius 1 is 1.39 bits per heavy atom. The molecule has 148 valence electrons. The van der Waals surface area contributed by atoms with E-state index in [2.05, 4.69) is 15.1 Å². The number of esters is 1. The van der Waals surface area contributed by atoms with Crippen LogP contribution in [-0.4, -0.2) is 38.1 Å². The van der Waals surface area contributed by atoms with Crippen LogP contribution < -0.4 is 5.56 Å². The molecule has 0 aromatic carbocycles. The molecule has 0 fully saturated rings. The topological polar surface area (TPSA) is 89.9 Å². The van der Waals surface area contributed by atoms with Crippen LogP contribution in [0.5, 0.6) is 0 Å². The molecule has 0 radical (unpaired) electrons. The molecule has 1 N–H and O–H groups in total. The Kier molecular flexibility index (Phi) is 5.54. The Bertz CT molecular complexity index is 1080. The number of fused-ring (bicyclic) bond motifs is 3. The summed E-state index contributed by atoms with van der Waals surface area (Å²) in [5.41, 5.74) is 3.12. The largest absolute Gasteiger partial charge is 0.463 e. The Morgan fingerprint density at radius 3 is 3.04 bits per heavy atom. The van der Waals surface area contributed by atoms with Crippen LogP contribution in [-0.2, 0) is 34.7 Å². The van der Waals surface area contributed by atoms with Crippen molar-refractivity contribution in [2.45, 2.75) is 45.4 Å². The van der Waals surface area contributed by atoms with Gasteiger partial charge in [-0.05, 0) is 44.7 Å². The minimum absolute atomic E-state index is 0.0625. The first-order valence-corrected chi connectivity index (χ1v) is 11.3. The van der Waals surface area contributed by atoms with E-state index in [1.165, 1.54) is 22.2 Å². The fourth-order valence-corrected chi connectivity index (χ4v) is 5.50. The number of hydrogen-bond acceptors (Lipinski definition) is 7. The zero-order valence-corrected chi connectivity index (χ0v) is 17.5. The lowest BCUT2D eigenvalue weighted by Gasteiger charge is -2.06. The van der Waals surface area contributed by atoms with Gasteiger partial charge in [0.15, 0.2) is 0 Å². The van der Waals surface area contributed by atoms with Crippen molar-refractivity contribution in [3.8, 4) is 0 Å². The molecule has 3 heterocycles. The minimum atomic E-state index is -0.273. The number of nitrogens with zero attached hydrogens (tertiary/aromatic N) is 3. The quantitative estimate of drug-likeness (QED) is 0.594. The SMILES string of the molecule is Cc1cc(C)n(CCOC(=O)CSCc2nc3sc4c(c3c(=O)[nH]2)CCC4)n1. The number of H-pyrrole nitrogens is 1. The van der Waals surface area contributed by atoms with Crippen molar-refractivity contribution >= 4 is 39.3 Å². The molecule has 9 heteroatoms. The first kappa shape index (κ1) is 19.2. The molecule has 28 heavy (non-hydrogen) atoms. The highest BCUT2D eigenvalue weighted by Gasteiger charge is 2.21. The van der Waals surface area contributed by atoms with Crippen molar-refractivity contribution in [2.24, 2.45) is 0 Å². The van der Waals surface area contributed by atoms with E-state index in [1.54, 1.807) is 11.3 Å². The molecule has 0 saturated heterocycles. The fourth-order valence-electron chi connectivity index (χ4n) is 3.54. The van der Waals surface area contributed by atoms with Crippen molar-refractivity contribution in [3.05, 3.63) is 44.1 Å². The molecule has 0 bridgehead atoms. The molecule has 0 unspecified atom stereocenters. The van der Waals surface area contributed by atoms with Gasteiger partial charge in [-0.15, -0.1) is 23.1 Å². The Labute approximate surface area is 170 Å². The van der Waals surface area contributed by atoms with Gasteiger partial charge < -0.3 is 9.72 Å². The Balaban J connectivity index is 1.27. The standard InChI is InChI=1S/C19H22N4O3S2/c1-11-8-12(2)23(22-11)6-7-26-16(24)10-27-9-15-20-18(25)17-13-4-3-5-14(13)28-19(17)21-15/h8H,3-7,9-10H2,1-2H3,(H,20,21,25). The van der Waals surface area contributed by atoms with Gasteiger partial charge in [-0.2, -0.15) is 5.10 Å². The molecule has 3 aromatic rings. The molecule has 1 aliphatic rings. The zero-order valence-electron chi connectivity index (χ0n) is 15.9. The summed E-state index contributed by atoms with van der Waals surface area (Å²) in [6.45, 7) is 4.75. The van der Waals surface area contributed by atoms with Gasteiger partial charge >= 0.3 is 5.97 Å². The number of carbonyl (C=O) groups is 1. The molecule has 3 aromatic heterocycles. The monoisotopic (exact) mass is 418 g/mol. The third kappa shape index (κ3) is 4.00. The predicted molar refractivity (Wildman–Crippen MR) is 111 cm³/mol.